The van der Waals surface area contributed by atoms with Crippen LogP contribution in [0.5, 0.6) is 0 Å². The van der Waals surface area contributed by atoms with Gasteiger partial charge in [-0.05, 0) is 82.1 Å². The Hall–Kier alpha value is -2.78. The number of benzene rings is 3. The van der Waals surface area contributed by atoms with Crippen LogP contribution in [-0.2, 0) is 26.2 Å². The standard InChI is InChI=1S/C30H34Cl3N3O4S/c1-6-27(29(38)34-30(3,4)5)35(18-21-9-11-22(31)12-10-21)28(37)19-36(23-13-16-25(32)26(33)17-23)41(39,40)24-14-7-20(2)8-15-24/h7-17,27H,6,18-19H2,1-5H3,(H,34,38)/t27-/m1/s1. The molecule has 0 heterocycles. The number of anilines is 1. The van der Waals surface area contributed by atoms with Gasteiger partial charge in [0.1, 0.15) is 12.6 Å². The third-order valence-corrected chi connectivity index (χ3v) is 9.01. The van der Waals surface area contributed by atoms with Gasteiger partial charge in [0.05, 0.1) is 20.6 Å². The number of amides is 2. The number of nitrogens with one attached hydrogen (secondary N) is 1. The number of sulfonamides is 1. The predicted octanol–water partition coefficient (Wildman–Crippen LogP) is 6.87. The lowest BCUT2D eigenvalue weighted by atomic mass is 10.1. The lowest BCUT2D eigenvalue weighted by molar-refractivity contribution is -0.141. The Morgan fingerprint density at radius 2 is 1.51 bits per heavy atom. The van der Waals surface area contributed by atoms with Gasteiger partial charge in [-0.15, -0.1) is 0 Å². The molecule has 3 aromatic carbocycles. The summed E-state index contributed by atoms with van der Waals surface area (Å²) in [6, 6.07) is 16.7. The molecular weight excluding hydrogens is 605 g/mol. The Kier molecular flexibility index (Phi) is 10.7. The third-order valence-electron chi connectivity index (χ3n) is 6.23. The van der Waals surface area contributed by atoms with Crippen LogP contribution in [0.2, 0.25) is 15.1 Å². The molecule has 7 nitrogen and oxygen atoms in total. The highest BCUT2D eigenvalue weighted by Gasteiger charge is 2.34. The summed E-state index contributed by atoms with van der Waals surface area (Å²) < 4.78 is 28.9. The van der Waals surface area contributed by atoms with Crippen LogP contribution in [0.4, 0.5) is 5.69 Å². The molecule has 0 saturated heterocycles. The summed E-state index contributed by atoms with van der Waals surface area (Å²) in [4.78, 5) is 28.9. The molecule has 1 N–H and O–H groups in total. The second kappa shape index (κ2) is 13.5. The number of carbonyl (C=O) groups excluding carboxylic acids is 2. The van der Waals surface area contributed by atoms with Crippen LogP contribution in [0.1, 0.15) is 45.2 Å². The minimum absolute atomic E-state index is 0.00346. The van der Waals surface area contributed by atoms with Gasteiger partial charge in [-0.25, -0.2) is 8.42 Å². The summed E-state index contributed by atoms with van der Waals surface area (Å²) in [7, 11) is -4.22. The smallest absolute Gasteiger partial charge is 0.264 e. The Morgan fingerprint density at radius 3 is 2.05 bits per heavy atom. The lowest BCUT2D eigenvalue weighted by Crippen LogP contribution is -2.55. The van der Waals surface area contributed by atoms with Gasteiger partial charge in [-0.3, -0.25) is 13.9 Å². The van der Waals surface area contributed by atoms with Gasteiger partial charge in [-0.1, -0.05) is 71.6 Å². The summed E-state index contributed by atoms with van der Waals surface area (Å²) >= 11 is 18.4. The average molecular weight is 639 g/mol. The normalized spacial score (nSPS) is 12.5. The minimum atomic E-state index is -4.22. The fraction of sp³-hybridized carbons (Fsp3) is 0.333. The zero-order valence-corrected chi connectivity index (χ0v) is 26.7. The SMILES string of the molecule is CC[C@H](C(=O)NC(C)(C)C)N(Cc1ccc(Cl)cc1)C(=O)CN(c1ccc(Cl)c(Cl)c1)S(=O)(=O)c1ccc(C)cc1. The van der Waals surface area contributed by atoms with E-state index in [1.165, 1.54) is 35.2 Å². The molecule has 0 aliphatic carbocycles. The maximum atomic E-state index is 14.1. The molecular formula is C30H34Cl3N3O4S. The summed E-state index contributed by atoms with van der Waals surface area (Å²) in [5.74, 6) is -0.914. The van der Waals surface area contributed by atoms with E-state index in [-0.39, 0.29) is 33.1 Å². The van der Waals surface area contributed by atoms with Gasteiger partial charge in [0.25, 0.3) is 10.0 Å². The highest BCUT2D eigenvalue weighted by Crippen LogP contribution is 2.31. The molecule has 3 rings (SSSR count). The van der Waals surface area contributed by atoms with Crippen LogP contribution in [0.3, 0.4) is 0 Å². The fourth-order valence-electron chi connectivity index (χ4n) is 4.17. The van der Waals surface area contributed by atoms with E-state index in [4.69, 9.17) is 34.8 Å². The maximum absolute atomic E-state index is 14.1. The first-order valence-corrected chi connectivity index (χ1v) is 15.6. The van der Waals surface area contributed by atoms with Gasteiger partial charge in [0, 0.05) is 17.1 Å². The van der Waals surface area contributed by atoms with Gasteiger partial charge >= 0.3 is 0 Å². The van der Waals surface area contributed by atoms with Gasteiger partial charge in [0.2, 0.25) is 11.8 Å². The van der Waals surface area contributed by atoms with E-state index in [2.05, 4.69) is 5.32 Å². The first-order chi connectivity index (χ1) is 19.1. The van der Waals surface area contributed by atoms with Gasteiger partial charge in [0.15, 0.2) is 0 Å². The summed E-state index contributed by atoms with van der Waals surface area (Å²) in [6.07, 6.45) is 0.304. The number of hydrogen-bond donors (Lipinski definition) is 1. The van der Waals surface area contributed by atoms with E-state index in [1.54, 1.807) is 43.3 Å². The lowest BCUT2D eigenvalue weighted by Gasteiger charge is -2.34. The molecule has 3 aromatic rings. The first-order valence-electron chi connectivity index (χ1n) is 13.0. The quantitative estimate of drug-likeness (QED) is 0.263. The number of carbonyl (C=O) groups is 2. The molecule has 220 valence electrons. The molecule has 41 heavy (non-hydrogen) atoms. The zero-order valence-electron chi connectivity index (χ0n) is 23.6. The number of halogens is 3. The van der Waals surface area contributed by atoms with Crippen molar-refractivity contribution >= 4 is 62.3 Å². The summed E-state index contributed by atoms with van der Waals surface area (Å²) in [5.41, 5.74) is 1.23. The Labute approximate surface area is 257 Å². The molecule has 0 aliphatic heterocycles. The van der Waals surface area contributed by atoms with Crippen LogP contribution in [0.15, 0.2) is 71.6 Å². The zero-order chi connectivity index (χ0) is 30.5. The van der Waals surface area contributed by atoms with E-state index < -0.39 is 34.1 Å². The molecule has 0 radical (unpaired) electrons. The first kappa shape index (κ1) is 32.7. The molecule has 0 aliphatic rings. The van der Waals surface area contributed by atoms with Crippen molar-refractivity contribution in [2.45, 2.75) is 64.1 Å². The molecule has 0 saturated carbocycles. The van der Waals surface area contributed by atoms with Crippen molar-refractivity contribution in [1.82, 2.24) is 10.2 Å². The average Bonchev–Trinajstić information content (AvgIpc) is 2.89. The largest absolute Gasteiger partial charge is 0.350 e. The Morgan fingerprint density at radius 1 is 0.902 bits per heavy atom. The highest BCUT2D eigenvalue weighted by atomic mass is 35.5. The second-order valence-corrected chi connectivity index (χ2v) is 13.8. The molecule has 0 unspecified atom stereocenters. The van der Waals surface area contributed by atoms with E-state index in [0.717, 1.165) is 15.4 Å². The van der Waals surface area contributed by atoms with Crippen molar-refractivity contribution in [3.05, 3.63) is 92.9 Å². The van der Waals surface area contributed by atoms with Crippen molar-refractivity contribution in [3.63, 3.8) is 0 Å². The van der Waals surface area contributed by atoms with Crippen LogP contribution in [-0.4, -0.2) is 43.3 Å². The molecule has 0 aromatic heterocycles. The van der Waals surface area contributed by atoms with E-state index in [1.807, 2.05) is 27.7 Å². The summed E-state index contributed by atoms with van der Waals surface area (Å²) in [6.45, 7) is 8.68. The third kappa shape index (κ3) is 8.61. The van der Waals surface area contributed by atoms with Crippen LogP contribution in [0, 0.1) is 6.92 Å². The van der Waals surface area contributed by atoms with Crippen molar-refractivity contribution in [1.29, 1.82) is 0 Å². The number of hydrogen-bond acceptors (Lipinski definition) is 4. The van der Waals surface area contributed by atoms with Gasteiger partial charge < -0.3 is 10.2 Å². The predicted molar refractivity (Wildman–Crippen MR) is 166 cm³/mol. The Bertz CT molecular complexity index is 1490. The Balaban J connectivity index is 2.09. The minimum Gasteiger partial charge on any atom is -0.350 e. The molecule has 1 atom stereocenters. The monoisotopic (exact) mass is 637 g/mol. The van der Waals surface area contributed by atoms with Crippen molar-refractivity contribution < 1.29 is 18.0 Å². The molecule has 0 bridgehead atoms. The number of nitrogens with zero attached hydrogens (tertiary/aromatic N) is 2. The maximum Gasteiger partial charge on any atom is 0.264 e. The molecule has 2 amide bonds. The van der Waals surface area contributed by atoms with Crippen LogP contribution >= 0.6 is 34.8 Å². The van der Waals surface area contributed by atoms with Gasteiger partial charge in [-0.2, -0.15) is 0 Å². The number of aryl methyl sites for hydroxylation is 1. The van der Waals surface area contributed by atoms with E-state index in [0.29, 0.717) is 11.4 Å². The fourth-order valence-corrected chi connectivity index (χ4v) is 5.99. The van der Waals surface area contributed by atoms with Crippen LogP contribution < -0.4 is 9.62 Å². The highest BCUT2D eigenvalue weighted by molar-refractivity contribution is 7.92. The molecule has 11 heteroatoms. The van der Waals surface area contributed by atoms with Crippen molar-refractivity contribution in [2.24, 2.45) is 0 Å². The summed E-state index contributed by atoms with van der Waals surface area (Å²) in [5, 5.41) is 3.84. The molecule has 0 fully saturated rings. The van der Waals surface area contributed by atoms with Crippen molar-refractivity contribution in [3.8, 4) is 0 Å². The van der Waals surface area contributed by atoms with Crippen molar-refractivity contribution in [2.75, 3.05) is 10.8 Å². The topological polar surface area (TPSA) is 86.8 Å². The van der Waals surface area contributed by atoms with Crippen LogP contribution in [0.25, 0.3) is 0 Å². The van der Waals surface area contributed by atoms with E-state index >= 15 is 0 Å². The molecule has 0 spiro atoms. The van der Waals surface area contributed by atoms with E-state index in [9.17, 15) is 18.0 Å². The second-order valence-electron chi connectivity index (χ2n) is 10.7. The number of rotatable bonds is 10.